The minimum Gasteiger partial charge on any atom is -0.348 e. The summed E-state index contributed by atoms with van der Waals surface area (Å²) < 4.78 is 0. The average Bonchev–Trinajstić information content (AvgIpc) is 2.39. The Labute approximate surface area is 72.1 Å². The molecule has 2 aliphatic rings. The van der Waals surface area contributed by atoms with Crippen molar-refractivity contribution < 1.29 is 4.79 Å². The van der Waals surface area contributed by atoms with Crippen LogP contribution in [0.5, 0.6) is 0 Å². The highest BCUT2D eigenvalue weighted by atomic mass is 16.2. The normalized spacial score (nSPS) is 36.5. The first-order valence-corrected chi connectivity index (χ1v) is 4.53. The van der Waals surface area contributed by atoms with E-state index in [2.05, 4.69) is 16.0 Å². The Morgan fingerprint density at radius 1 is 1.17 bits per heavy atom. The van der Waals surface area contributed by atoms with E-state index < -0.39 is 0 Å². The van der Waals surface area contributed by atoms with Gasteiger partial charge in [0.1, 0.15) is 0 Å². The van der Waals surface area contributed by atoms with Crippen LogP contribution in [-0.4, -0.2) is 37.6 Å². The zero-order valence-electron chi connectivity index (χ0n) is 7.15. The van der Waals surface area contributed by atoms with Gasteiger partial charge in [-0.2, -0.15) is 0 Å². The second kappa shape index (κ2) is 3.03. The molecule has 2 fully saturated rings. The summed E-state index contributed by atoms with van der Waals surface area (Å²) in [7, 11) is 0. The molecule has 0 aliphatic carbocycles. The first kappa shape index (κ1) is 8.01. The fourth-order valence-electron chi connectivity index (χ4n) is 2.00. The van der Waals surface area contributed by atoms with Crippen LogP contribution in [0.2, 0.25) is 0 Å². The maximum Gasteiger partial charge on any atom is 0.234 e. The van der Waals surface area contributed by atoms with Gasteiger partial charge in [-0.1, -0.05) is 0 Å². The third-order valence-corrected chi connectivity index (χ3v) is 2.71. The minimum atomic E-state index is 0.0561. The zero-order chi connectivity index (χ0) is 8.44. The topological polar surface area (TPSA) is 53.2 Å². The van der Waals surface area contributed by atoms with E-state index in [4.69, 9.17) is 0 Å². The van der Waals surface area contributed by atoms with Crippen molar-refractivity contribution in [1.29, 1.82) is 0 Å². The van der Waals surface area contributed by atoms with Gasteiger partial charge in [0.05, 0.1) is 12.1 Å². The molecule has 1 unspecified atom stereocenters. The van der Waals surface area contributed by atoms with Crippen LogP contribution in [0.1, 0.15) is 12.8 Å². The van der Waals surface area contributed by atoms with Gasteiger partial charge in [-0.25, -0.2) is 0 Å². The highest BCUT2D eigenvalue weighted by molar-refractivity contribution is 5.79. The number of carbonyl (C=O) groups is 1. The first-order chi connectivity index (χ1) is 5.81. The molecule has 2 aliphatic heterocycles. The molecule has 0 aromatic rings. The van der Waals surface area contributed by atoms with Gasteiger partial charge in [-0.05, 0) is 25.9 Å². The molecule has 0 radical (unpaired) electrons. The Morgan fingerprint density at radius 2 is 1.92 bits per heavy atom. The van der Waals surface area contributed by atoms with Gasteiger partial charge in [0.15, 0.2) is 0 Å². The smallest absolute Gasteiger partial charge is 0.234 e. The Hall–Kier alpha value is -0.610. The summed E-state index contributed by atoms with van der Waals surface area (Å²) in [5, 5.41) is 9.49. The van der Waals surface area contributed by atoms with Crippen LogP contribution >= 0.6 is 0 Å². The predicted octanol–water partition coefficient (Wildman–Crippen LogP) is -1.17. The second-order valence-electron chi connectivity index (χ2n) is 3.68. The Bertz CT molecular complexity index is 187. The molecule has 2 rings (SSSR count). The van der Waals surface area contributed by atoms with Crippen molar-refractivity contribution in [3.05, 3.63) is 0 Å². The maximum absolute atomic E-state index is 11.2. The number of amides is 1. The van der Waals surface area contributed by atoms with E-state index in [0.29, 0.717) is 6.54 Å². The fourth-order valence-corrected chi connectivity index (χ4v) is 2.00. The lowest BCUT2D eigenvalue weighted by molar-refractivity contribution is -0.121. The quantitative estimate of drug-likeness (QED) is 0.428. The second-order valence-corrected chi connectivity index (χ2v) is 3.68. The summed E-state index contributed by atoms with van der Waals surface area (Å²) in [5.41, 5.74) is 0.0561. The minimum absolute atomic E-state index is 0.0561. The standard InChI is InChI=1S/C8H15N3O/c12-7-5-9-3-1-8(11-7)2-4-10-6-8/h9-10H,1-6H2,(H,11,12). The molecule has 1 spiro atoms. The van der Waals surface area contributed by atoms with Crippen molar-refractivity contribution in [1.82, 2.24) is 16.0 Å². The van der Waals surface area contributed by atoms with Crippen molar-refractivity contribution in [2.45, 2.75) is 18.4 Å². The molecule has 0 aromatic heterocycles. The van der Waals surface area contributed by atoms with E-state index in [9.17, 15) is 4.79 Å². The van der Waals surface area contributed by atoms with Gasteiger partial charge < -0.3 is 16.0 Å². The molecular formula is C8H15N3O. The van der Waals surface area contributed by atoms with Gasteiger partial charge in [0.2, 0.25) is 5.91 Å². The molecule has 68 valence electrons. The first-order valence-electron chi connectivity index (χ1n) is 4.53. The predicted molar refractivity (Wildman–Crippen MR) is 45.8 cm³/mol. The summed E-state index contributed by atoms with van der Waals surface area (Å²) in [6.07, 6.45) is 2.12. The molecule has 3 N–H and O–H groups in total. The van der Waals surface area contributed by atoms with Crippen LogP contribution in [0.3, 0.4) is 0 Å². The number of carbonyl (C=O) groups excluding carboxylic acids is 1. The number of rotatable bonds is 0. The van der Waals surface area contributed by atoms with E-state index >= 15 is 0 Å². The molecule has 0 aromatic carbocycles. The number of hydrogen-bond donors (Lipinski definition) is 3. The Balaban J connectivity index is 2.07. The average molecular weight is 169 g/mol. The Morgan fingerprint density at radius 3 is 2.67 bits per heavy atom. The summed E-state index contributed by atoms with van der Waals surface area (Å²) in [6, 6.07) is 0. The van der Waals surface area contributed by atoms with E-state index in [1.807, 2.05) is 0 Å². The molecule has 1 atom stereocenters. The van der Waals surface area contributed by atoms with Crippen LogP contribution in [0.25, 0.3) is 0 Å². The highest BCUT2D eigenvalue weighted by Gasteiger charge is 2.35. The summed E-state index contributed by atoms with van der Waals surface area (Å²) >= 11 is 0. The van der Waals surface area contributed by atoms with Crippen LogP contribution in [-0.2, 0) is 4.79 Å². The van der Waals surface area contributed by atoms with Gasteiger partial charge in [-0.15, -0.1) is 0 Å². The van der Waals surface area contributed by atoms with Crippen molar-refractivity contribution in [2.24, 2.45) is 0 Å². The molecule has 12 heavy (non-hydrogen) atoms. The monoisotopic (exact) mass is 169 g/mol. The molecule has 4 nitrogen and oxygen atoms in total. The molecule has 4 heteroatoms. The summed E-state index contributed by atoms with van der Waals surface area (Å²) in [5.74, 6) is 0.135. The SMILES string of the molecule is O=C1CNCCC2(CCNC2)N1. The fraction of sp³-hybridized carbons (Fsp3) is 0.875. The van der Waals surface area contributed by atoms with Crippen LogP contribution in [0, 0.1) is 0 Å². The third kappa shape index (κ3) is 1.44. The Kier molecular flexibility index (Phi) is 2.02. The van der Waals surface area contributed by atoms with Gasteiger partial charge in [0.25, 0.3) is 0 Å². The number of hydrogen-bond acceptors (Lipinski definition) is 3. The van der Waals surface area contributed by atoms with Gasteiger partial charge in [-0.3, -0.25) is 4.79 Å². The summed E-state index contributed by atoms with van der Waals surface area (Å²) in [6.45, 7) is 3.38. The molecule has 2 saturated heterocycles. The van der Waals surface area contributed by atoms with Crippen LogP contribution in [0.15, 0.2) is 0 Å². The molecular weight excluding hydrogens is 154 g/mol. The van der Waals surface area contributed by atoms with Gasteiger partial charge >= 0.3 is 0 Å². The van der Waals surface area contributed by atoms with Crippen LogP contribution in [0.4, 0.5) is 0 Å². The van der Waals surface area contributed by atoms with E-state index in [1.165, 1.54) is 0 Å². The zero-order valence-corrected chi connectivity index (χ0v) is 7.15. The third-order valence-electron chi connectivity index (χ3n) is 2.71. The molecule has 2 heterocycles. The van der Waals surface area contributed by atoms with Gasteiger partial charge in [0, 0.05) is 6.54 Å². The maximum atomic E-state index is 11.2. The van der Waals surface area contributed by atoms with Crippen molar-refractivity contribution in [3.8, 4) is 0 Å². The highest BCUT2D eigenvalue weighted by Crippen LogP contribution is 2.19. The molecule has 0 saturated carbocycles. The lowest BCUT2D eigenvalue weighted by Gasteiger charge is -2.26. The van der Waals surface area contributed by atoms with Crippen molar-refractivity contribution in [2.75, 3.05) is 26.2 Å². The molecule has 1 amide bonds. The number of nitrogens with one attached hydrogen (secondary N) is 3. The van der Waals surface area contributed by atoms with Crippen molar-refractivity contribution >= 4 is 5.91 Å². The lowest BCUT2D eigenvalue weighted by atomic mass is 9.94. The largest absolute Gasteiger partial charge is 0.348 e. The summed E-state index contributed by atoms with van der Waals surface area (Å²) in [4.78, 5) is 11.2. The molecule has 0 bridgehead atoms. The van der Waals surface area contributed by atoms with Crippen LogP contribution < -0.4 is 16.0 Å². The van der Waals surface area contributed by atoms with E-state index in [0.717, 1.165) is 32.5 Å². The lowest BCUT2D eigenvalue weighted by Crippen LogP contribution is -2.49. The van der Waals surface area contributed by atoms with Crippen molar-refractivity contribution in [3.63, 3.8) is 0 Å². The van der Waals surface area contributed by atoms with E-state index in [1.54, 1.807) is 0 Å². The van der Waals surface area contributed by atoms with E-state index in [-0.39, 0.29) is 11.4 Å².